The van der Waals surface area contributed by atoms with Gasteiger partial charge in [0.05, 0.1) is 23.8 Å². The second-order valence-electron chi connectivity index (χ2n) is 7.46. The number of carbonyl (C=O) groups excluding carboxylic acids is 1. The van der Waals surface area contributed by atoms with E-state index in [2.05, 4.69) is 45.0 Å². The molecule has 0 aliphatic carbocycles. The number of aliphatic imine (C=N–C) groups is 1. The molecule has 180 valence electrons. The van der Waals surface area contributed by atoms with E-state index in [-0.39, 0.29) is 5.91 Å². The summed E-state index contributed by atoms with van der Waals surface area (Å²) in [7, 11) is 0. The van der Waals surface area contributed by atoms with Gasteiger partial charge in [0.25, 0.3) is 5.91 Å². The lowest BCUT2D eigenvalue weighted by molar-refractivity contribution is -0.115. The molecule has 0 saturated carbocycles. The summed E-state index contributed by atoms with van der Waals surface area (Å²) < 4.78 is 18.5. The quantitative estimate of drug-likeness (QED) is 0.223. The van der Waals surface area contributed by atoms with Crippen LogP contribution in [0.25, 0.3) is 6.08 Å². The Hall–Kier alpha value is -2.98. The van der Waals surface area contributed by atoms with Gasteiger partial charge in [-0.15, -0.1) is 0 Å². The van der Waals surface area contributed by atoms with Crippen molar-refractivity contribution in [2.75, 3.05) is 13.2 Å². The van der Waals surface area contributed by atoms with Gasteiger partial charge >= 0.3 is 0 Å². The fourth-order valence-corrected chi connectivity index (χ4v) is 4.48. The molecule has 6 nitrogen and oxygen atoms in total. The minimum absolute atomic E-state index is 0.184. The Labute approximate surface area is 222 Å². The van der Waals surface area contributed by atoms with Crippen molar-refractivity contribution in [2.24, 2.45) is 4.99 Å². The van der Waals surface area contributed by atoms with Crippen LogP contribution in [0, 0.1) is 3.57 Å². The molecule has 1 aliphatic heterocycles. The number of thioether (sulfide) groups is 1. The number of amidine groups is 1. The smallest absolute Gasteiger partial charge is 0.264 e. The molecule has 4 rings (SSSR count). The molecule has 8 heteroatoms. The minimum atomic E-state index is -0.184. The van der Waals surface area contributed by atoms with Gasteiger partial charge in [-0.25, -0.2) is 4.99 Å². The number of halogens is 1. The Kier molecular flexibility index (Phi) is 8.70. The zero-order valence-corrected chi connectivity index (χ0v) is 22.4. The van der Waals surface area contributed by atoms with Crippen LogP contribution in [-0.2, 0) is 11.4 Å². The minimum Gasteiger partial charge on any atom is -0.494 e. The summed E-state index contributed by atoms with van der Waals surface area (Å²) in [6.45, 7) is 5.43. The number of hydrogen-bond donors (Lipinski definition) is 1. The highest BCUT2D eigenvalue weighted by Crippen LogP contribution is 2.33. The molecule has 1 N–H and O–H groups in total. The summed E-state index contributed by atoms with van der Waals surface area (Å²) in [5.41, 5.74) is 2.67. The van der Waals surface area contributed by atoms with Gasteiger partial charge in [0.2, 0.25) is 0 Å². The first-order valence-corrected chi connectivity index (χ1v) is 13.1. The SMILES string of the molecule is CCOc1ccc(N=C2NC(=O)/C(=C\c3ccc(OCc4ccc(I)cc4)c(OCC)c3)S2)cc1. The van der Waals surface area contributed by atoms with E-state index in [1.165, 1.54) is 15.3 Å². The molecule has 0 atom stereocenters. The molecule has 0 radical (unpaired) electrons. The number of rotatable bonds is 9. The van der Waals surface area contributed by atoms with Crippen LogP contribution in [0.5, 0.6) is 17.2 Å². The fraction of sp³-hybridized carbons (Fsp3) is 0.185. The largest absolute Gasteiger partial charge is 0.494 e. The van der Waals surface area contributed by atoms with Crippen molar-refractivity contribution in [3.05, 3.63) is 86.3 Å². The molecule has 0 bridgehead atoms. The van der Waals surface area contributed by atoms with E-state index in [1.807, 2.05) is 74.5 Å². The summed E-state index contributed by atoms with van der Waals surface area (Å²) in [6.07, 6.45) is 1.83. The summed E-state index contributed by atoms with van der Waals surface area (Å²) in [4.78, 5) is 17.6. The molecule has 1 heterocycles. The van der Waals surface area contributed by atoms with Crippen molar-refractivity contribution in [3.8, 4) is 17.2 Å². The molecular formula is C27H25IN2O4S. The number of ether oxygens (including phenoxy) is 3. The van der Waals surface area contributed by atoms with Gasteiger partial charge in [-0.3, -0.25) is 4.79 Å². The van der Waals surface area contributed by atoms with Crippen LogP contribution in [0.4, 0.5) is 5.69 Å². The number of benzene rings is 3. The maximum absolute atomic E-state index is 12.5. The predicted molar refractivity (Wildman–Crippen MR) is 150 cm³/mol. The van der Waals surface area contributed by atoms with Crippen LogP contribution in [0.3, 0.4) is 0 Å². The van der Waals surface area contributed by atoms with Gasteiger partial charge in [-0.1, -0.05) is 18.2 Å². The summed E-state index contributed by atoms with van der Waals surface area (Å²) >= 11 is 3.58. The van der Waals surface area contributed by atoms with Crippen LogP contribution >= 0.6 is 34.4 Å². The van der Waals surface area contributed by atoms with E-state index in [0.29, 0.717) is 41.4 Å². The molecule has 0 unspecified atom stereocenters. The molecule has 1 aliphatic rings. The molecular weight excluding hydrogens is 575 g/mol. The van der Waals surface area contributed by atoms with Crippen LogP contribution in [0.15, 0.2) is 76.6 Å². The van der Waals surface area contributed by atoms with Crippen molar-refractivity contribution in [1.82, 2.24) is 5.32 Å². The highest BCUT2D eigenvalue weighted by molar-refractivity contribution is 14.1. The van der Waals surface area contributed by atoms with Gasteiger partial charge in [-0.05, 0) is 114 Å². The Balaban J connectivity index is 1.47. The summed E-state index contributed by atoms with van der Waals surface area (Å²) in [5.74, 6) is 1.90. The van der Waals surface area contributed by atoms with E-state index >= 15 is 0 Å². The lowest BCUT2D eigenvalue weighted by atomic mass is 10.2. The van der Waals surface area contributed by atoms with E-state index in [4.69, 9.17) is 14.2 Å². The highest BCUT2D eigenvalue weighted by atomic mass is 127. The number of amides is 1. The van der Waals surface area contributed by atoms with E-state index in [1.54, 1.807) is 0 Å². The average molecular weight is 600 g/mol. The first kappa shape index (κ1) is 25.1. The lowest BCUT2D eigenvalue weighted by Gasteiger charge is -2.13. The van der Waals surface area contributed by atoms with Crippen molar-refractivity contribution < 1.29 is 19.0 Å². The van der Waals surface area contributed by atoms with Gasteiger partial charge in [-0.2, -0.15) is 0 Å². The lowest BCUT2D eigenvalue weighted by Crippen LogP contribution is -2.19. The van der Waals surface area contributed by atoms with Gasteiger partial charge < -0.3 is 19.5 Å². The Morgan fingerprint density at radius 1 is 0.914 bits per heavy atom. The van der Waals surface area contributed by atoms with Crippen LogP contribution < -0.4 is 19.5 Å². The van der Waals surface area contributed by atoms with Crippen molar-refractivity contribution in [1.29, 1.82) is 0 Å². The Morgan fingerprint density at radius 3 is 2.37 bits per heavy atom. The fourth-order valence-electron chi connectivity index (χ4n) is 3.28. The van der Waals surface area contributed by atoms with Gasteiger partial charge in [0.15, 0.2) is 16.7 Å². The maximum Gasteiger partial charge on any atom is 0.264 e. The van der Waals surface area contributed by atoms with Gasteiger partial charge in [0.1, 0.15) is 12.4 Å². The molecule has 0 aromatic heterocycles. The zero-order chi connectivity index (χ0) is 24.6. The average Bonchev–Trinajstić information content (AvgIpc) is 3.19. The Morgan fingerprint density at radius 2 is 1.66 bits per heavy atom. The van der Waals surface area contributed by atoms with Crippen molar-refractivity contribution >= 4 is 57.2 Å². The van der Waals surface area contributed by atoms with Crippen LogP contribution in [-0.4, -0.2) is 24.3 Å². The third-order valence-electron chi connectivity index (χ3n) is 4.90. The zero-order valence-electron chi connectivity index (χ0n) is 19.4. The monoisotopic (exact) mass is 600 g/mol. The standard InChI is InChI=1S/C27H25IN2O4S/c1-3-32-22-12-10-21(11-13-22)29-27-30-26(31)25(35-27)16-19-7-14-23(24(15-19)33-4-2)34-17-18-5-8-20(28)9-6-18/h5-16H,3-4,17H2,1-2H3,(H,29,30,31)/b25-16+. The number of hydrogen-bond acceptors (Lipinski definition) is 6. The van der Waals surface area contributed by atoms with E-state index in [9.17, 15) is 4.79 Å². The molecule has 0 spiro atoms. The normalized spacial score (nSPS) is 15.3. The topological polar surface area (TPSA) is 69.2 Å². The van der Waals surface area contributed by atoms with E-state index < -0.39 is 0 Å². The second-order valence-corrected chi connectivity index (χ2v) is 9.74. The summed E-state index contributed by atoms with van der Waals surface area (Å²) in [6, 6.07) is 21.3. The molecule has 3 aromatic carbocycles. The number of carbonyl (C=O) groups is 1. The van der Waals surface area contributed by atoms with E-state index in [0.717, 1.165) is 22.6 Å². The molecule has 1 amide bonds. The third kappa shape index (κ3) is 7.02. The second kappa shape index (κ2) is 12.1. The van der Waals surface area contributed by atoms with Crippen molar-refractivity contribution in [3.63, 3.8) is 0 Å². The van der Waals surface area contributed by atoms with Crippen molar-refractivity contribution in [2.45, 2.75) is 20.5 Å². The third-order valence-corrected chi connectivity index (χ3v) is 6.53. The highest BCUT2D eigenvalue weighted by Gasteiger charge is 2.24. The first-order chi connectivity index (χ1) is 17.0. The maximum atomic E-state index is 12.5. The number of nitrogens with zero attached hydrogens (tertiary/aromatic N) is 1. The number of nitrogens with one attached hydrogen (secondary N) is 1. The molecule has 1 fully saturated rings. The molecule has 3 aromatic rings. The predicted octanol–water partition coefficient (Wildman–Crippen LogP) is 6.56. The van der Waals surface area contributed by atoms with Gasteiger partial charge in [0, 0.05) is 3.57 Å². The van der Waals surface area contributed by atoms with Crippen LogP contribution in [0.1, 0.15) is 25.0 Å². The molecule has 35 heavy (non-hydrogen) atoms. The van der Waals surface area contributed by atoms with Crippen LogP contribution in [0.2, 0.25) is 0 Å². The molecule has 1 saturated heterocycles. The summed E-state index contributed by atoms with van der Waals surface area (Å²) in [5, 5.41) is 3.36. The Bertz CT molecular complexity index is 1240. The first-order valence-electron chi connectivity index (χ1n) is 11.2.